The number of hydrogen-bond acceptors (Lipinski definition) is 2. The SMILES string of the molecule is O=c1[nH]c2cc(F)c(F)c(Cl)c2[nH]c1=O. The lowest BCUT2D eigenvalue weighted by molar-refractivity contribution is 0.510. The summed E-state index contributed by atoms with van der Waals surface area (Å²) < 4.78 is 25.8. The minimum Gasteiger partial charge on any atom is -0.316 e. The topological polar surface area (TPSA) is 65.7 Å². The number of halogens is 3. The van der Waals surface area contributed by atoms with Crippen molar-refractivity contribution in [3.63, 3.8) is 0 Å². The number of fused-ring (bicyclic) bond motifs is 1. The molecule has 1 aromatic heterocycles. The van der Waals surface area contributed by atoms with Gasteiger partial charge in [-0.1, -0.05) is 11.6 Å². The lowest BCUT2D eigenvalue weighted by Crippen LogP contribution is -2.29. The molecule has 0 radical (unpaired) electrons. The molecule has 0 atom stereocenters. The van der Waals surface area contributed by atoms with Crippen molar-refractivity contribution in [2.45, 2.75) is 0 Å². The Bertz CT molecular complexity index is 662. The summed E-state index contributed by atoms with van der Waals surface area (Å²) in [6, 6.07) is 0.744. The summed E-state index contributed by atoms with van der Waals surface area (Å²) in [7, 11) is 0. The molecule has 0 spiro atoms. The van der Waals surface area contributed by atoms with Gasteiger partial charge in [0.05, 0.1) is 11.0 Å². The van der Waals surface area contributed by atoms with E-state index in [-0.39, 0.29) is 11.0 Å². The Hall–Kier alpha value is -1.69. The second-order valence-corrected chi connectivity index (χ2v) is 3.20. The molecule has 0 fully saturated rings. The van der Waals surface area contributed by atoms with Crippen molar-refractivity contribution in [2.75, 3.05) is 0 Å². The Morgan fingerprint density at radius 2 is 1.73 bits per heavy atom. The predicted molar refractivity (Wildman–Crippen MR) is 50.1 cm³/mol. The molecule has 0 unspecified atom stereocenters. The number of aromatic amines is 2. The zero-order valence-corrected chi connectivity index (χ0v) is 7.78. The Kier molecular flexibility index (Phi) is 2.08. The summed E-state index contributed by atoms with van der Waals surface area (Å²) in [5.41, 5.74) is -2.14. The summed E-state index contributed by atoms with van der Waals surface area (Å²) >= 11 is 5.45. The fourth-order valence-electron chi connectivity index (χ4n) is 1.17. The molecule has 78 valence electrons. The maximum absolute atomic E-state index is 13.0. The summed E-state index contributed by atoms with van der Waals surface area (Å²) in [6.07, 6.45) is 0. The van der Waals surface area contributed by atoms with Crippen LogP contribution < -0.4 is 11.1 Å². The van der Waals surface area contributed by atoms with E-state index >= 15 is 0 Å². The van der Waals surface area contributed by atoms with Gasteiger partial charge in [0.2, 0.25) is 0 Å². The average Bonchev–Trinajstić information content (AvgIpc) is 2.19. The van der Waals surface area contributed by atoms with Crippen molar-refractivity contribution in [2.24, 2.45) is 0 Å². The van der Waals surface area contributed by atoms with Gasteiger partial charge >= 0.3 is 11.1 Å². The van der Waals surface area contributed by atoms with Crippen LogP contribution in [0.15, 0.2) is 15.7 Å². The van der Waals surface area contributed by atoms with E-state index < -0.39 is 27.8 Å². The highest BCUT2D eigenvalue weighted by Crippen LogP contribution is 2.24. The molecular formula is C8H3ClF2N2O2. The fraction of sp³-hybridized carbons (Fsp3) is 0. The van der Waals surface area contributed by atoms with E-state index in [1.54, 1.807) is 0 Å². The summed E-state index contributed by atoms with van der Waals surface area (Å²) in [5, 5.41) is -0.571. The molecule has 2 N–H and O–H groups in total. The van der Waals surface area contributed by atoms with Gasteiger partial charge in [-0.3, -0.25) is 9.59 Å². The van der Waals surface area contributed by atoms with E-state index in [9.17, 15) is 18.4 Å². The van der Waals surface area contributed by atoms with Gasteiger partial charge in [0, 0.05) is 6.07 Å². The fourth-order valence-corrected chi connectivity index (χ4v) is 1.40. The molecule has 15 heavy (non-hydrogen) atoms. The number of rotatable bonds is 0. The average molecular weight is 233 g/mol. The van der Waals surface area contributed by atoms with Crippen LogP contribution in [-0.4, -0.2) is 9.97 Å². The molecule has 4 nitrogen and oxygen atoms in total. The summed E-state index contributed by atoms with van der Waals surface area (Å²) in [6.45, 7) is 0. The van der Waals surface area contributed by atoms with Gasteiger partial charge in [-0.15, -0.1) is 0 Å². The van der Waals surface area contributed by atoms with Crippen LogP contribution in [0.2, 0.25) is 5.02 Å². The number of nitrogens with one attached hydrogen (secondary N) is 2. The zero-order chi connectivity index (χ0) is 11.2. The van der Waals surface area contributed by atoms with Crippen molar-refractivity contribution in [3.05, 3.63) is 43.4 Å². The first-order valence-electron chi connectivity index (χ1n) is 3.80. The van der Waals surface area contributed by atoms with Crippen LogP contribution in [0.25, 0.3) is 11.0 Å². The lowest BCUT2D eigenvalue weighted by Gasteiger charge is -2.01. The van der Waals surface area contributed by atoms with Crippen LogP contribution in [0.3, 0.4) is 0 Å². The number of H-pyrrole nitrogens is 2. The van der Waals surface area contributed by atoms with E-state index in [4.69, 9.17) is 11.6 Å². The minimum absolute atomic E-state index is 0.0662. The Morgan fingerprint density at radius 1 is 1.13 bits per heavy atom. The molecule has 1 aromatic carbocycles. The third kappa shape index (κ3) is 1.42. The molecule has 7 heteroatoms. The van der Waals surface area contributed by atoms with E-state index in [1.807, 2.05) is 0 Å². The van der Waals surface area contributed by atoms with Crippen LogP contribution in [0.4, 0.5) is 8.78 Å². The monoisotopic (exact) mass is 232 g/mol. The summed E-state index contributed by atoms with van der Waals surface area (Å²) in [4.78, 5) is 25.9. The van der Waals surface area contributed by atoms with Crippen molar-refractivity contribution in [3.8, 4) is 0 Å². The third-order valence-electron chi connectivity index (χ3n) is 1.86. The number of benzene rings is 1. The van der Waals surface area contributed by atoms with Crippen LogP contribution in [-0.2, 0) is 0 Å². The van der Waals surface area contributed by atoms with Gasteiger partial charge in [0.15, 0.2) is 11.6 Å². The molecule has 0 bridgehead atoms. The van der Waals surface area contributed by atoms with Gasteiger partial charge in [0.1, 0.15) is 5.02 Å². The molecule has 1 heterocycles. The largest absolute Gasteiger partial charge is 0.316 e. The molecule has 2 rings (SSSR count). The van der Waals surface area contributed by atoms with Gasteiger partial charge in [-0.05, 0) is 0 Å². The predicted octanol–water partition coefficient (Wildman–Crippen LogP) is 1.15. The highest BCUT2D eigenvalue weighted by molar-refractivity contribution is 6.35. The maximum Gasteiger partial charge on any atom is 0.314 e. The highest BCUT2D eigenvalue weighted by Gasteiger charge is 2.13. The smallest absolute Gasteiger partial charge is 0.314 e. The normalized spacial score (nSPS) is 10.9. The zero-order valence-electron chi connectivity index (χ0n) is 7.03. The van der Waals surface area contributed by atoms with Crippen LogP contribution >= 0.6 is 11.6 Å². The van der Waals surface area contributed by atoms with Crippen LogP contribution in [0.1, 0.15) is 0 Å². The molecule has 0 aliphatic carbocycles. The Morgan fingerprint density at radius 3 is 2.40 bits per heavy atom. The van der Waals surface area contributed by atoms with Crippen LogP contribution in [0.5, 0.6) is 0 Å². The molecule has 2 aromatic rings. The quantitative estimate of drug-likeness (QED) is 0.529. The van der Waals surface area contributed by atoms with E-state index in [1.165, 1.54) is 0 Å². The summed E-state index contributed by atoms with van der Waals surface area (Å²) in [5.74, 6) is -2.47. The van der Waals surface area contributed by atoms with Gasteiger partial charge in [0.25, 0.3) is 0 Å². The van der Waals surface area contributed by atoms with Gasteiger partial charge < -0.3 is 9.97 Å². The highest BCUT2D eigenvalue weighted by atomic mass is 35.5. The standard InChI is InChI=1S/C8H3ClF2N2O2/c9-4-5(11)2(10)1-3-6(4)13-8(15)7(14)12-3/h1H,(H,12,14)(H,13,15). The van der Waals surface area contributed by atoms with E-state index in [0.29, 0.717) is 0 Å². The van der Waals surface area contributed by atoms with Crippen molar-refractivity contribution >= 4 is 22.6 Å². The van der Waals surface area contributed by atoms with Crippen molar-refractivity contribution in [1.82, 2.24) is 9.97 Å². The minimum atomic E-state index is -1.27. The van der Waals surface area contributed by atoms with E-state index in [0.717, 1.165) is 6.07 Å². The number of aromatic nitrogens is 2. The molecule has 0 saturated heterocycles. The second kappa shape index (κ2) is 3.16. The number of hydrogen-bond donors (Lipinski definition) is 2. The molecule has 0 aliphatic rings. The lowest BCUT2D eigenvalue weighted by atomic mass is 10.3. The first-order chi connectivity index (χ1) is 7.00. The van der Waals surface area contributed by atoms with Gasteiger partial charge in [-0.25, -0.2) is 8.78 Å². The molecule has 0 saturated carbocycles. The van der Waals surface area contributed by atoms with Crippen molar-refractivity contribution in [1.29, 1.82) is 0 Å². The van der Waals surface area contributed by atoms with Crippen LogP contribution in [0, 0.1) is 11.6 Å². The van der Waals surface area contributed by atoms with E-state index in [2.05, 4.69) is 9.97 Å². The Balaban J connectivity index is 3.06. The second-order valence-electron chi connectivity index (χ2n) is 2.82. The third-order valence-corrected chi connectivity index (χ3v) is 2.21. The van der Waals surface area contributed by atoms with Crippen molar-refractivity contribution < 1.29 is 8.78 Å². The molecular weight excluding hydrogens is 230 g/mol. The molecule has 0 aliphatic heterocycles. The first-order valence-corrected chi connectivity index (χ1v) is 4.18. The first kappa shape index (κ1) is 9.85. The Labute approximate surface area is 85.5 Å². The van der Waals surface area contributed by atoms with Gasteiger partial charge in [-0.2, -0.15) is 0 Å². The maximum atomic E-state index is 13.0. The molecule has 0 amide bonds.